The Balaban J connectivity index is 1.45. The number of carbonyl (C=O) groups excluding carboxylic acids is 1. The third kappa shape index (κ3) is 5.25. The van der Waals surface area contributed by atoms with E-state index in [9.17, 15) is 4.79 Å². The largest absolute Gasteiger partial charge is 0.496 e. The first kappa shape index (κ1) is 21.4. The number of para-hydroxylation sites is 1. The summed E-state index contributed by atoms with van der Waals surface area (Å²) in [5.41, 5.74) is 7.17. The van der Waals surface area contributed by atoms with E-state index in [2.05, 4.69) is 15.5 Å². The maximum atomic E-state index is 12.3. The van der Waals surface area contributed by atoms with Crippen LogP contribution in [-0.4, -0.2) is 35.0 Å². The molecule has 3 aromatic carbocycles. The van der Waals surface area contributed by atoms with Gasteiger partial charge < -0.3 is 9.72 Å². The van der Waals surface area contributed by atoms with Crippen LogP contribution in [0.2, 0.25) is 0 Å². The minimum atomic E-state index is -0.222. The first-order valence-corrected chi connectivity index (χ1v) is 11.0. The predicted molar refractivity (Wildman–Crippen MR) is 129 cm³/mol. The van der Waals surface area contributed by atoms with Crippen LogP contribution in [0.4, 0.5) is 0 Å². The lowest BCUT2D eigenvalue weighted by Gasteiger charge is -2.03. The standard InChI is InChI=1S/C25H22N4O2S/c1-31-21-15-9-8-14-20(21)16-26-29-22(30)17-32-25-27-23(18-10-4-2-5-11-18)24(28-25)19-12-6-3-7-13-19/h2-16H,17H2,1H3,(H,27,28)(H,29,30)/b26-16+. The van der Waals surface area contributed by atoms with Gasteiger partial charge in [-0.1, -0.05) is 84.6 Å². The van der Waals surface area contributed by atoms with Gasteiger partial charge >= 0.3 is 0 Å². The van der Waals surface area contributed by atoms with Crippen LogP contribution >= 0.6 is 11.8 Å². The van der Waals surface area contributed by atoms with E-state index in [4.69, 9.17) is 9.72 Å². The average Bonchev–Trinajstić information content (AvgIpc) is 3.28. The highest BCUT2D eigenvalue weighted by Crippen LogP contribution is 2.32. The maximum absolute atomic E-state index is 12.3. The monoisotopic (exact) mass is 442 g/mol. The van der Waals surface area contributed by atoms with Crippen LogP contribution in [0.3, 0.4) is 0 Å². The molecule has 0 atom stereocenters. The van der Waals surface area contributed by atoms with Gasteiger partial charge in [0.15, 0.2) is 5.16 Å². The van der Waals surface area contributed by atoms with Crippen molar-refractivity contribution in [3.8, 4) is 28.3 Å². The first-order chi connectivity index (χ1) is 15.7. The predicted octanol–water partition coefficient (Wildman–Crippen LogP) is 4.99. The smallest absolute Gasteiger partial charge is 0.250 e. The number of carbonyl (C=O) groups is 1. The molecule has 0 bridgehead atoms. The van der Waals surface area contributed by atoms with Gasteiger partial charge in [-0.3, -0.25) is 4.79 Å². The molecule has 0 spiro atoms. The van der Waals surface area contributed by atoms with Gasteiger partial charge in [-0.15, -0.1) is 0 Å². The molecule has 160 valence electrons. The quantitative estimate of drug-likeness (QED) is 0.229. The third-order valence-corrected chi connectivity index (χ3v) is 5.54. The molecule has 0 aliphatic rings. The minimum Gasteiger partial charge on any atom is -0.496 e. The normalized spacial score (nSPS) is 10.9. The Kier molecular flexibility index (Phi) is 6.99. The second kappa shape index (κ2) is 10.5. The van der Waals surface area contributed by atoms with Crippen molar-refractivity contribution in [1.29, 1.82) is 0 Å². The highest BCUT2D eigenvalue weighted by atomic mass is 32.2. The number of imidazole rings is 1. The van der Waals surface area contributed by atoms with E-state index in [0.29, 0.717) is 10.9 Å². The molecule has 32 heavy (non-hydrogen) atoms. The summed E-state index contributed by atoms with van der Waals surface area (Å²) in [6.45, 7) is 0. The molecule has 0 saturated carbocycles. The Morgan fingerprint density at radius 3 is 2.38 bits per heavy atom. The summed E-state index contributed by atoms with van der Waals surface area (Å²) in [6, 6.07) is 27.5. The second-order valence-electron chi connectivity index (χ2n) is 6.82. The molecule has 1 aromatic heterocycles. The van der Waals surface area contributed by atoms with Crippen molar-refractivity contribution in [3.63, 3.8) is 0 Å². The summed E-state index contributed by atoms with van der Waals surface area (Å²) in [7, 11) is 1.60. The van der Waals surface area contributed by atoms with E-state index < -0.39 is 0 Å². The molecule has 0 aliphatic carbocycles. The Bertz CT molecular complexity index is 1150. The second-order valence-corrected chi connectivity index (χ2v) is 7.79. The summed E-state index contributed by atoms with van der Waals surface area (Å²) in [5.74, 6) is 0.650. The lowest BCUT2D eigenvalue weighted by atomic mass is 10.1. The molecule has 1 amide bonds. The number of amides is 1. The number of methoxy groups -OCH3 is 1. The topological polar surface area (TPSA) is 79.4 Å². The summed E-state index contributed by atoms with van der Waals surface area (Å²) < 4.78 is 5.27. The van der Waals surface area contributed by atoms with Crippen LogP contribution in [0.25, 0.3) is 22.5 Å². The number of nitrogens with one attached hydrogen (secondary N) is 2. The molecule has 0 saturated heterocycles. The van der Waals surface area contributed by atoms with Gasteiger partial charge in [0.2, 0.25) is 0 Å². The van der Waals surface area contributed by atoms with Crippen LogP contribution in [0, 0.1) is 0 Å². The molecular formula is C25H22N4O2S. The number of hydrogen-bond acceptors (Lipinski definition) is 5. The zero-order valence-corrected chi connectivity index (χ0v) is 18.3. The molecule has 6 nitrogen and oxygen atoms in total. The fraction of sp³-hybridized carbons (Fsp3) is 0.0800. The van der Waals surface area contributed by atoms with E-state index in [1.165, 1.54) is 11.8 Å². The molecule has 1 heterocycles. The van der Waals surface area contributed by atoms with Crippen LogP contribution < -0.4 is 10.2 Å². The SMILES string of the molecule is COc1ccccc1/C=N/NC(=O)CSc1nc(-c2ccccc2)c(-c2ccccc2)[nH]1. The van der Waals surface area contributed by atoms with Crippen molar-refractivity contribution in [2.24, 2.45) is 5.10 Å². The Labute approximate surface area is 190 Å². The van der Waals surface area contributed by atoms with Gasteiger partial charge in [-0.05, 0) is 12.1 Å². The number of H-pyrrole nitrogens is 1. The van der Waals surface area contributed by atoms with Crippen molar-refractivity contribution < 1.29 is 9.53 Å². The average molecular weight is 443 g/mol. The number of benzene rings is 3. The lowest BCUT2D eigenvalue weighted by molar-refractivity contribution is -0.118. The maximum Gasteiger partial charge on any atom is 0.250 e. The van der Waals surface area contributed by atoms with Crippen molar-refractivity contribution in [2.75, 3.05) is 12.9 Å². The van der Waals surface area contributed by atoms with Gasteiger partial charge in [0, 0.05) is 16.7 Å². The molecule has 0 unspecified atom stereocenters. The number of nitrogens with zero attached hydrogens (tertiary/aromatic N) is 2. The number of rotatable bonds is 8. The van der Waals surface area contributed by atoms with Crippen molar-refractivity contribution in [2.45, 2.75) is 5.16 Å². The van der Waals surface area contributed by atoms with Crippen molar-refractivity contribution >= 4 is 23.9 Å². The highest BCUT2D eigenvalue weighted by molar-refractivity contribution is 7.99. The number of aromatic amines is 1. The fourth-order valence-corrected chi connectivity index (χ4v) is 3.81. The van der Waals surface area contributed by atoms with E-state index in [-0.39, 0.29) is 11.7 Å². The van der Waals surface area contributed by atoms with Crippen LogP contribution in [0.1, 0.15) is 5.56 Å². The molecule has 0 fully saturated rings. The molecule has 2 N–H and O–H groups in total. The van der Waals surface area contributed by atoms with Gasteiger partial charge in [0.25, 0.3) is 5.91 Å². The molecule has 4 rings (SSSR count). The van der Waals surface area contributed by atoms with Gasteiger partial charge in [-0.25, -0.2) is 10.4 Å². The Hall–Kier alpha value is -3.84. The summed E-state index contributed by atoms with van der Waals surface area (Å²) in [4.78, 5) is 20.4. The Morgan fingerprint density at radius 2 is 1.66 bits per heavy atom. The highest BCUT2D eigenvalue weighted by Gasteiger charge is 2.15. The van der Waals surface area contributed by atoms with E-state index >= 15 is 0 Å². The van der Waals surface area contributed by atoms with Crippen LogP contribution in [0.5, 0.6) is 5.75 Å². The number of ether oxygens (including phenoxy) is 1. The summed E-state index contributed by atoms with van der Waals surface area (Å²) in [6.07, 6.45) is 1.56. The van der Waals surface area contributed by atoms with Crippen LogP contribution in [-0.2, 0) is 4.79 Å². The zero-order chi connectivity index (χ0) is 22.2. The molecule has 4 aromatic rings. The van der Waals surface area contributed by atoms with E-state index in [1.54, 1.807) is 13.3 Å². The third-order valence-electron chi connectivity index (χ3n) is 4.66. The Morgan fingerprint density at radius 1 is 1.00 bits per heavy atom. The number of thioether (sulfide) groups is 1. The molecule has 0 aliphatic heterocycles. The molecule has 0 radical (unpaired) electrons. The number of hydrogen-bond donors (Lipinski definition) is 2. The van der Waals surface area contributed by atoms with Crippen molar-refractivity contribution in [1.82, 2.24) is 15.4 Å². The van der Waals surface area contributed by atoms with E-state index in [1.807, 2.05) is 84.9 Å². The van der Waals surface area contributed by atoms with Crippen LogP contribution in [0.15, 0.2) is 95.2 Å². The van der Waals surface area contributed by atoms with Gasteiger partial charge in [0.05, 0.1) is 30.5 Å². The first-order valence-electron chi connectivity index (χ1n) is 10.0. The molecule has 7 heteroatoms. The lowest BCUT2D eigenvalue weighted by Crippen LogP contribution is -2.19. The summed E-state index contributed by atoms with van der Waals surface area (Å²) >= 11 is 1.33. The van der Waals surface area contributed by atoms with Gasteiger partial charge in [-0.2, -0.15) is 5.10 Å². The van der Waals surface area contributed by atoms with Crippen molar-refractivity contribution in [3.05, 3.63) is 90.5 Å². The minimum absolute atomic E-state index is 0.180. The van der Waals surface area contributed by atoms with Gasteiger partial charge in [0.1, 0.15) is 5.75 Å². The number of hydrazone groups is 1. The van der Waals surface area contributed by atoms with E-state index in [0.717, 1.165) is 28.1 Å². The molecular weight excluding hydrogens is 420 g/mol. The fourth-order valence-electron chi connectivity index (χ4n) is 3.15. The number of aromatic nitrogens is 2. The summed E-state index contributed by atoms with van der Waals surface area (Å²) in [5, 5.41) is 4.70. The zero-order valence-electron chi connectivity index (χ0n) is 17.5.